The predicted octanol–water partition coefficient (Wildman–Crippen LogP) is 12.5. The third-order valence-electron chi connectivity index (χ3n) is 12.6. The fourth-order valence-electron chi connectivity index (χ4n) is 9.15. The number of hydrogen-bond donors (Lipinski definition) is 0. The minimum Gasteiger partial charge on any atom is -0.491 e. The van der Waals surface area contributed by atoms with E-state index in [9.17, 15) is 26.3 Å². The van der Waals surface area contributed by atoms with Gasteiger partial charge in [0.05, 0.1) is 23.2 Å². The second kappa shape index (κ2) is 15.9. The maximum absolute atomic E-state index is 14.2. The molecule has 2 unspecified atom stereocenters. The summed E-state index contributed by atoms with van der Waals surface area (Å²) in [7, 11) is 0. The van der Waals surface area contributed by atoms with E-state index >= 15 is 0 Å². The SMILES string of the molecule is CC(C)Oc1ccc(CCN2C(=CC=CC3=[N+](CCc4ccc(OC(C)C)cc4)C4CC=C(C(F)(F)F)CC4(C)C3(C)C)C(C)(C)c3cc(C(F)(F)F)ccc32)cc1. The molecule has 0 amide bonds. The van der Waals surface area contributed by atoms with Crippen LogP contribution in [0.3, 0.4) is 0 Å². The normalized spacial score (nSPS) is 22.3. The minimum atomic E-state index is -4.49. The van der Waals surface area contributed by atoms with E-state index in [0.29, 0.717) is 31.5 Å². The molecule has 0 aromatic heterocycles. The molecule has 2 heterocycles. The van der Waals surface area contributed by atoms with Gasteiger partial charge in [0.1, 0.15) is 18.0 Å². The van der Waals surface area contributed by atoms with Crippen molar-refractivity contribution in [3.8, 4) is 11.5 Å². The highest BCUT2D eigenvalue weighted by Gasteiger charge is 2.64. The van der Waals surface area contributed by atoms with E-state index in [1.807, 2.05) is 129 Å². The number of fused-ring (bicyclic) bond motifs is 2. The summed E-state index contributed by atoms with van der Waals surface area (Å²) >= 11 is 0. The Morgan fingerprint density at radius 2 is 1.34 bits per heavy atom. The lowest BCUT2D eigenvalue weighted by Crippen LogP contribution is -2.46. The fourth-order valence-corrected chi connectivity index (χ4v) is 9.15. The molecule has 0 spiro atoms. The summed E-state index contributed by atoms with van der Waals surface area (Å²) in [6.45, 7) is 19.0. The van der Waals surface area contributed by atoms with Gasteiger partial charge in [-0.1, -0.05) is 57.2 Å². The average Bonchev–Trinajstić information content (AvgIpc) is 3.44. The van der Waals surface area contributed by atoms with Crippen LogP contribution in [0, 0.1) is 10.8 Å². The zero-order chi connectivity index (χ0) is 42.4. The maximum atomic E-state index is 14.2. The molecular formula is C48H57F6N2O2+. The summed E-state index contributed by atoms with van der Waals surface area (Å²) in [5.41, 5.74) is 1.95. The van der Waals surface area contributed by atoms with Gasteiger partial charge in [0, 0.05) is 53.2 Å². The quantitative estimate of drug-likeness (QED) is 0.104. The molecule has 2 aliphatic heterocycles. The van der Waals surface area contributed by atoms with Crippen molar-refractivity contribution in [2.24, 2.45) is 10.8 Å². The van der Waals surface area contributed by atoms with Crippen LogP contribution in [0.15, 0.2) is 102 Å². The van der Waals surface area contributed by atoms with Gasteiger partial charge in [-0.25, -0.2) is 4.58 Å². The first kappa shape index (κ1) is 43.1. The van der Waals surface area contributed by atoms with E-state index in [0.717, 1.165) is 45.8 Å². The molecule has 1 aliphatic carbocycles. The van der Waals surface area contributed by atoms with E-state index < -0.39 is 39.7 Å². The molecule has 58 heavy (non-hydrogen) atoms. The zero-order valence-electron chi connectivity index (χ0n) is 35.1. The Hall–Kier alpha value is -4.47. The van der Waals surface area contributed by atoms with Crippen molar-refractivity contribution >= 4 is 11.4 Å². The molecule has 3 aromatic carbocycles. The van der Waals surface area contributed by atoms with Crippen molar-refractivity contribution in [1.82, 2.24) is 0 Å². The van der Waals surface area contributed by atoms with Crippen molar-refractivity contribution in [3.05, 3.63) is 125 Å². The topological polar surface area (TPSA) is 24.7 Å². The number of alkyl halides is 6. The maximum Gasteiger partial charge on any atom is 0.416 e. The molecule has 0 saturated carbocycles. The van der Waals surface area contributed by atoms with Crippen LogP contribution in [0.25, 0.3) is 0 Å². The molecule has 6 rings (SSSR count). The van der Waals surface area contributed by atoms with Gasteiger partial charge < -0.3 is 14.4 Å². The van der Waals surface area contributed by atoms with Crippen LogP contribution in [0.2, 0.25) is 0 Å². The Morgan fingerprint density at radius 1 is 0.776 bits per heavy atom. The third-order valence-corrected chi connectivity index (χ3v) is 12.6. The van der Waals surface area contributed by atoms with Crippen molar-refractivity contribution in [2.45, 2.75) is 124 Å². The van der Waals surface area contributed by atoms with Gasteiger partial charge in [-0.15, -0.1) is 0 Å². The van der Waals surface area contributed by atoms with Gasteiger partial charge >= 0.3 is 12.4 Å². The number of hydrogen-bond acceptors (Lipinski definition) is 3. The van der Waals surface area contributed by atoms with E-state index in [1.54, 1.807) is 6.07 Å². The van der Waals surface area contributed by atoms with E-state index in [-0.39, 0.29) is 31.1 Å². The Kier molecular flexibility index (Phi) is 11.9. The Morgan fingerprint density at radius 3 is 1.88 bits per heavy atom. The van der Waals surface area contributed by atoms with E-state index in [4.69, 9.17) is 9.47 Å². The van der Waals surface area contributed by atoms with Crippen molar-refractivity contribution in [2.75, 3.05) is 18.0 Å². The lowest BCUT2D eigenvalue weighted by Gasteiger charge is -2.41. The minimum absolute atomic E-state index is 0.0415. The molecule has 10 heteroatoms. The predicted molar refractivity (Wildman–Crippen MR) is 220 cm³/mol. The van der Waals surface area contributed by atoms with Gasteiger partial charge in [0.25, 0.3) is 0 Å². The third kappa shape index (κ3) is 8.62. The van der Waals surface area contributed by atoms with E-state index in [1.165, 1.54) is 12.1 Å². The van der Waals surface area contributed by atoms with Crippen molar-refractivity contribution in [1.29, 1.82) is 0 Å². The molecule has 0 bridgehead atoms. The molecule has 0 fully saturated rings. The number of ether oxygens (including phenoxy) is 2. The summed E-state index contributed by atoms with van der Waals surface area (Å²) < 4.78 is 98.7. The highest BCUT2D eigenvalue weighted by molar-refractivity contribution is 5.97. The molecule has 3 aromatic rings. The largest absolute Gasteiger partial charge is 0.491 e. The summed E-state index contributed by atoms with van der Waals surface area (Å²) in [6.07, 6.45) is 0.0130. The Balaban J connectivity index is 1.37. The van der Waals surface area contributed by atoms with Gasteiger partial charge in [-0.05, 0) is 120 Å². The monoisotopic (exact) mass is 807 g/mol. The van der Waals surface area contributed by atoms with Crippen LogP contribution in [0.4, 0.5) is 32.0 Å². The first-order chi connectivity index (χ1) is 27.0. The molecule has 0 N–H and O–H groups in total. The zero-order valence-corrected chi connectivity index (χ0v) is 35.1. The second-order valence-electron chi connectivity index (χ2n) is 17.8. The van der Waals surface area contributed by atoms with Crippen LogP contribution < -0.4 is 14.4 Å². The Bertz CT molecular complexity index is 2090. The lowest BCUT2D eigenvalue weighted by molar-refractivity contribution is -0.570. The van der Waals surface area contributed by atoms with Crippen molar-refractivity contribution in [3.63, 3.8) is 0 Å². The summed E-state index contributed by atoms with van der Waals surface area (Å²) in [5, 5.41) is 0. The van der Waals surface area contributed by atoms with Crippen LogP contribution in [0.5, 0.6) is 11.5 Å². The fraction of sp³-hybridized carbons (Fsp3) is 0.479. The molecule has 0 saturated heterocycles. The van der Waals surface area contributed by atoms with Crippen LogP contribution in [-0.4, -0.2) is 47.8 Å². The summed E-state index contributed by atoms with van der Waals surface area (Å²) in [6, 6.07) is 19.7. The number of allylic oxidation sites excluding steroid dienone is 5. The summed E-state index contributed by atoms with van der Waals surface area (Å²) in [4.78, 5) is 2.11. The van der Waals surface area contributed by atoms with Crippen LogP contribution >= 0.6 is 0 Å². The first-order valence-electron chi connectivity index (χ1n) is 20.3. The van der Waals surface area contributed by atoms with Gasteiger partial charge in [-0.3, -0.25) is 0 Å². The van der Waals surface area contributed by atoms with Crippen LogP contribution in [0.1, 0.15) is 97.4 Å². The number of nitrogens with zero attached hydrogens (tertiary/aromatic N) is 2. The second-order valence-corrected chi connectivity index (χ2v) is 17.8. The first-order valence-corrected chi connectivity index (χ1v) is 20.3. The van der Waals surface area contributed by atoms with E-state index in [2.05, 4.69) is 9.48 Å². The summed E-state index contributed by atoms with van der Waals surface area (Å²) in [5.74, 6) is 1.55. The number of rotatable bonds is 12. The molecule has 0 radical (unpaired) electrons. The Labute approximate surface area is 339 Å². The molecular weight excluding hydrogens is 751 g/mol. The number of anilines is 1. The number of halogens is 6. The highest BCUT2D eigenvalue weighted by Crippen LogP contribution is 2.57. The lowest BCUT2D eigenvalue weighted by atomic mass is 9.58. The van der Waals surface area contributed by atoms with Crippen molar-refractivity contribution < 1.29 is 40.4 Å². The smallest absolute Gasteiger partial charge is 0.416 e. The average molecular weight is 808 g/mol. The van der Waals surface area contributed by atoms with Crippen LogP contribution in [-0.2, 0) is 24.4 Å². The highest BCUT2D eigenvalue weighted by atomic mass is 19.4. The number of benzene rings is 3. The molecule has 312 valence electrons. The molecule has 3 aliphatic rings. The van der Waals surface area contributed by atoms with Gasteiger partial charge in [-0.2, -0.15) is 26.3 Å². The standard InChI is InChI=1S/C48H57F6N2O2/c1-31(2)57-37-19-13-33(14-20-37)25-27-55-40-23-17-35(47(49,50)51)29-39(40)44(5,6)41(55)11-10-12-42-45(7,8)46(9)30-36(48(52,53)54)18-24-43(46)56(42)28-26-34-15-21-38(22-16-34)58-32(3)4/h10-23,29,31-32,43H,24-28,30H2,1-9H3/q+1. The van der Waals surface area contributed by atoms with Gasteiger partial charge in [0.2, 0.25) is 0 Å². The molecule has 4 nitrogen and oxygen atoms in total. The molecule has 2 atom stereocenters. The van der Waals surface area contributed by atoms with Gasteiger partial charge in [0.15, 0.2) is 11.8 Å².